The number of ether oxygens (including phenoxy) is 2. The molecule has 138 valence electrons. The Morgan fingerprint density at radius 3 is 2.81 bits per heavy atom. The molecule has 26 heavy (non-hydrogen) atoms. The van der Waals surface area contributed by atoms with Gasteiger partial charge in [-0.15, -0.1) is 0 Å². The zero-order chi connectivity index (χ0) is 18.7. The number of hydrogen-bond acceptors (Lipinski definition) is 3. The zero-order valence-electron chi connectivity index (χ0n) is 15.5. The van der Waals surface area contributed by atoms with E-state index in [0.717, 1.165) is 35.3 Å². The molecule has 2 atom stereocenters. The normalized spacial score (nSPS) is 18.5. The molecule has 0 amide bonds. The molecule has 0 N–H and O–H groups in total. The third-order valence-electron chi connectivity index (χ3n) is 5.10. The molecule has 0 bridgehead atoms. The molecule has 3 rings (SSSR count). The Hall–Kier alpha value is -2.36. The highest BCUT2D eigenvalue weighted by molar-refractivity contribution is 5.75. The van der Waals surface area contributed by atoms with Crippen LogP contribution >= 0.6 is 0 Å². The van der Waals surface area contributed by atoms with Gasteiger partial charge in [0.25, 0.3) is 0 Å². The average Bonchev–Trinajstić information content (AvgIpc) is 3.38. The van der Waals surface area contributed by atoms with E-state index in [2.05, 4.69) is 0 Å². The summed E-state index contributed by atoms with van der Waals surface area (Å²) in [4.78, 5) is 11.7. The first-order valence-electron chi connectivity index (χ1n) is 9.12. The van der Waals surface area contributed by atoms with Crippen molar-refractivity contribution in [2.75, 3.05) is 6.61 Å². The van der Waals surface area contributed by atoms with E-state index in [0.29, 0.717) is 18.1 Å². The van der Waals surface area contributed by atoms with Crippen molar-refractivity contribution in [2.24, 2.45) is 11.8 Å². The highest BCUT2D eigenvalue weighted by atomic mass is 19.1. The highest BCUT2D eigenvalue weighted by Crippen LogP contribution is 2.42. The molecule has 1 saturated carbocycles. The Labute approximate surface area is 154 Å². The number of benzene rings is 2. The van der Waals surface area contributed by atoms with E-state index in [9.17, 15) is 9.18 Å². The van der Waals surface area contributed by atoms with E-state index in [1.807, 2.05) is 45.0 Å². The standard InChI is InChI=1S/C22H25FO3/c1-4-25-22(24)19-12-17(19)10-16-6-5-7-18(11-16)26-13-20-15(3)14(2)8-9-21(20)23/h5-9,11,17,19H,4,10,12-13H2,1-3H3/t17-,19?/m1/s1. The minimum atomic E-state index is -0.237. The summed E-state index contributed by atoms with van der Waals surface area (Å²) in [7, 11) is 0. The monoisotopic (exact) mass is 356 g/mol. The van der Waals surface area contributed by atoms with Crippen LogP contribution in [0.3, 0.4) is 0 Å². The second-order valence-electron chi connectivity index (χ2n) is 6.96. The third-order valence-corrected chi connectivity index (χ3v) is 5.10. The van der Waals surface area contributed by atoms with Gasteiger partial charge in [-0.2, -0.15) is 0 Å². The summed E-state index contributed by atoms with van der Waals surface area (Å²) in [6.45, 7) is 6.34. The van der Waals surface area contributed by atoms with Crippen molar-refractivity contribution < 1.29 is 18.7 Å². The van der Waals surface area contributed by atoms with Crippen LogP contribution in [0.2, 0.25) is 0 Å². The summed E-state index contributed by atoms with van der Waals surface area (Å²) in [5.41, 5.74) is 3.70. The first-order valence-corrected chi connectivity index (χ1v) is 9.12. The summed E-state index contributed by atoms with van der Waals surface area (Å²) in [6, 6.07) is 11.1. The van der Waals surface area contributed by atoms with E-state index in [-0.39, 0.29) is 24.3 Å². The van der Waals surface area contributed by atoms with Crippen LogP contribution in [0.1, 0.15) is 35.6 Å². The lowest BCUT2D eigenvalue weighted by atomic mass is 10.0. The van der Waals surface area contributed by atoms with Gasteiger partial charge in [0.1, 0.15) is 18.2 Å². The van der Waals surface area contributed by atoms with E-state index in [4.69, 9.17) is 9.47 Å². The van der Waals surface area contributed by atoms with Gasteiger partial charge in [-0.1, -0.05) is 18.2 Å². The third kappa shape index (κ3) is 4.24. The van der Waals surface area contributed by atoms with Crippen molar-refractivity contribution >= 4 is 5.97 Å². The Kier molecular flexibility index (Phi) is 5.60. The van der Waals surface area contributed by atoms with Crippen LogP contribution in [-0.2, 0) is 22.6 Å². The van der Waals surface area contributed by atoms with Crippen LogP contribution in [0.25, 0.3) is 0 Å². The maximum Gasteiger partial charge on any atom is 0.309 e. The van der Waals surface area contributed by atoms with E-state index in [1.54, 1.807) is 6.07 Å². The zero-order valence-corrected chi connectivity index (χ0v) is 15.5. The predicted molar refractivity (Wildman–Crippen MR) is 98.6 cm³/mol. The smallest absolute Gasteiger partial charge is 0.309 e. The van der Waals surface area contributed by atoms with Crippen molar-refractivity contribution in [2.45, 2.75) is 40.2 Å². The molecule has 0 saturated heterocycles. The van der Waals surface area contributed by atoms with Gasteiger partial charge in [-0.3, -0.25) is 4.79 Å². The van der Waals surface area contributed by atoms with Crippen LogP contribution in [0.4, 0.5) is 4.39 Å². The maximum absolute atomic E-state index is 14.1. The number of rotatable bonds is 7. The van der Waals surface area contributed by atoms with Gasteiger partial charge < -0.3 is 9.47 Å². The maximum atomic E-state index is 14.1. The van der Waals surface area contributed by atoms with Crippen LogP contribution in [-0.4, -0.2) is 12.6 Å². The molecule has 0 aromatic heterocycles. The van der Waals surface area contributed by atoms with Gasteiger partial charge in [0.2, 0.25) is 0 Å². The van der Waals surface area contributed by atoms with Gasteiger partial charge in [0, 0.05) is 5.56 Å². The largest absolute Gasteiger partial charge is 0.489 e. The Bertz CT molecular complexity index is 800. The van der Waals surface area contributed by atoms with E-state index < -0.39 is 0 Å². The fourth-order valence-electron chi connectivity index (χ4n) is 3.25. The summed E-state index contributed by atoms with van der Waals surface area (Å²) < 4.78 is 25.0. The SMILES string of the molecule is CCOC(=O)C1C[C@H]1Cc1cccc(OCc2c(F)ccc(C)c2C)c1. The fourth-order valence-corrected chi connectivity index (χ4v) is 3.25. The quantitative estimate of drug-likeness (QED) is 0.671. The lowest BCUT2D eigenvalue weighted by Crippen LogP contribution is -2.08. The predicted octanol–water partition coefficient (Wildman–Crippen LogP) is 4.76. The molecule has 2 aromatic carbocycles. The highest BCUT2D eigenvalue weighted by Gasteiger charge is 2.43. The molecule has 0 heterocycles. The van der Waals surface area contributed by atoms with Gasteiger partial charge >= 0.3 is 5.97 Å². The molecule has 1 unspecified atom stereocenters. The van der Waals surface area contributed by atoms with Gasteiger partial charge in [-0.05, 0) is 74.4 Å². The van der Waals surface area contributed by atoms with E-state index >= 15 is 0 Å². The lowest BCUT2D eigenvalue weighted by Gasteiger charge is -2.12. The first kappa shape index (κ1) is 18.4. The number of carbonyl (C=O) groups is 1. The van der Waals surface area contributed by atoms with Crippen molar-refractivity contribution in [1.29, 1.82) is 0 Å². The summed E-state index contributed by atoms with van der Waals surface area (Å²) in [6.07, 6.45) is 1.72. The minimum Gasteiger partial charge on any atom is -0.489 e. The van der Waals surface area contributed by atoms with Crippen LogP contribution in [0, 0.1) is 31.5 Å². The molecule has 0 spiro atoms. The number of hydrogen-bond donors (Lipinski definition) is 0. The van der Waals surface area contributed by atoms with Crippen molar-refractivity contribution in [3.05, 3.63) is 64.5 Å². The van der Waals surface area contributed by atoms with Gasteiger partial charge in [-0.25, -0.2) is 4.39 Å². The summed E-state index contributed by atoms with van der Waals surface area (Å²) in [5.74, 6) is 0.773. The molecule has 2 aromatic rings. The van der Waals surface area contributed by atoms with Crippen molar-refractivity contribution in [3.63, 3.8) is 0 Å². The molecule has 0 radical (unpaired) electrons. The number of carbonyl (C=O) groups excluding carboxylic acids is 1. The molecule has 1 aliphatic carbocycles. The molecular formula is C22H25FO3. The summed E-state index contributed by atoms with van der Waals surface area (Å²) in [5, 5.41) is 0. The number of aryl methyl sites for hydroxylation is 1. The average molecular weight is 356 g/mol. The van der Waals surface area contributed by atoms with Crippen molar-refractivity contribution in [1.82, 2.24) is 0 Å². The van der Waals surface area contributed by atoms with Gasteiger partial charge in [0.15, 0.2) is 0 Å². The Morgan fingerprint density at radius 1 is 1.23 bits per heavy atom. The number of esters is 1. The molecule has 0 aliphatic heterocycles. The second kappa shape index (κ2) is 7.90. The second-order valence-corrected chi connectivity index (χ2v) is 6.96. The molecule has 3 nitrogen and oxygen atoms in total. The van der Waals surface area contributed by atoms with Crippen LogP contribution in [0.15, 0.2) is 36.4 Å². The van der Waals surface area contributed by atoms with Crippen LogP contribution in [0.5, 0.6) is 5.75 Å². The Morgan fingerprint density at radius 2 is 2.04 bits per heavy atom. The minimum absolute atomic E-state index is 0.0311. The van der Waals surface area contributed by atoms with Crippen LogP contribution < -0.4 is 4.74 Å². The van der Waals surface area contributed by atoms with Crippen molar-refractivity contribution in [3.8, 4) is 5.75 Å². The molecule has 4 heteroatoms. The Balaban J connectivity index is 1.60. The van der Waals surface area contributed by atoms with Gasteiger partial charge in [0.05, 0.1) is 12.5 Å². The van der Waals surface area contributed by atoms with E-state index in [1.165, 1.54) is 6.07 Å². The molecule has 1 aliphatic rings. The summed E-state index contributed by atoms with van der Waals surface area (Å²) >= 11 is 0. The lowest BCUT2D eigenvalue weighted by molar-refractivity contribution is -0.145. The molecule has 1 fully saturated rings. The first-order chi connectivity index (χ1) is 12.5. The molecular weight excluding hydrogens is 331 g/mol. The topological polar surface area (TPSA) is 35.5 Å². The number of halogens is 1. The fraction of sp³-hybridized carbons (Fsp3) is 0.409.